The standard InChI is InChI=1S/C12H25NO2/c1-4-6-8-12(10-15-3,11(13)14)9-7-5-2/h4-10H2,1-3H3,(H2,13,14). The molecule has 0 aliphatic carbocycles. The van der Waals surface area contributed by atoms with Gasteiger partial charge in [0.2, 0.25) is 5.91 Å². The number of primary amides is 1. The van der Waals surface area contributed by atoms with E-state index < -0.39 is 5.41 Å². The predicted octanol–water partition coefficient (Wildman–Crippen LogP) is 2.48. The first-order valence-electron chi connectivity index (χ1n) is 5.91. The van der Waals surface area contributed by atoms with Crippen molar-refractivity contribution in [1.82, 2.24) is 0 Å². The summed E-state index contributed by atoms with van der Waals surface area (Å²) in [5, 5.41) is 0. The maximum atomic E-state index is 11.6. The summed E-state index contributed by atoms with van der Waals surface area (Å²) in [5.74, 6) is -0.203. The van der Waals surface area contributed by atoms with Crippen molar-refractivity contribution in [3.05, 3.63) is 0 Å². The molecule has 0 radical (unpaired) electrons. The number of rotatable bonds is 9. The maximum absolute atomic E-state index is 11.6. The van der Waals surface area contributed by atoms with E-state index in [2.05, 4.69) is 13.8 Å². The first-order chi connectivity index (χ1) is 7.13. The number of hydrogen-bond donors (Lipinski definition) is 1. The average Bonchev–Trinajstić information content (AvgIpc) is 2.22. The van der Waals surface area contributed by atoms with Gasteiger partial charge in [0, 0.05) is 7.11 Å². The molecule has 0 heterocycles. The molecule has 1 amide bonds. The molecule has 0 aliphatic rings. The third kappa shape index (κ3) is 4.65. The van der Waals surface area contributed by atoms with E-state index in [0.717, 1.165) is 38.5 Å². The minimum Gasteiger partial charge on any atom is -0.384 e. The number of carbonyl (C=O) groups is 1. The first-order valence-corrected chi connectivity index (χ1v) is 5.91. The van der Waals surface area contributed by atoms with Gasteiger partial charge >= 0.3 is 0 Å². The summed E-state index contributed by atoms with van der Waals surface area (Å²) in [6.45, 7) is 4.71. The molecule has 0 saturated heterocycles. The van der Waals surface area contributed by atoms with E-state index in [9.17, 15) is 4.79 Å². The van der Waals surface area contributed by atoms with Crippen LogP contribution in [-0.4, -0.2) is 19.6 Å². The minimum atomic E-state index is -0.430. The van der Waals surface area contributed by atoms with Gasteiger partial charge in [0.1, 0.15) is 0 Å². The van der Waals surface area contributed by atoms with Crippen LogP contribution in [0.4, 0.5) is 0 Å². The van der Waals surface area contributed by atoms with Gasteiger partial charge in [0.15, 0.2) is 0 Å². The molecule has 3 heteroatoms. The Morgan fingerprint density at radius 1 is 1.20 bits per heavy atom. The fourth-order valence-electron chi connectivity index (χ4n) is 1.89. The Bertz CT molecular complexity index is 172. The molecule has 0 aliphatic heterocycles. The van der Waals surface area contributed by atoms with Crippen LogP contribution < -0.4 is 5.73 Å². The molecular weight excluding hydrogens is 190 g/mol. The molecule has 90 valence electrons. The Hall–Kier alpha value is -0.570. The summed E-state index contributed by atoms with van der Waals surface area (Å²) in [6.07, 6.45) is 5.96. The average molecular weight is 215 g/mol. The second kappa shape index (κ2) is 7.69. The minimum absolute atomic E-state index is 0.203. The molecule has 0 spiro atoms. The van der Waals surface area contributed by atoms with E-state index in [-0.39, 0.29) is 5.91 Å². The Morgan fingerprint density at radius 2 is 1.67 bits per heavy atom. The lowest BCUT2D eigenvalue weighted by atomic mass is 9.78. The molecule has 0 aromatic heterocycles. The van der Waals surface area contributed by atoms with E-state index >= 15 is 0 Å². The van der Waals surface area contributed by atoms with Crippen LogP contribution in [0.3, 0.4) is 0 Å². The van der Waals surface area contributed by atoms with Gasteiger partial charge in [-0.15, -0.1) is 0 Å². The van der Waals surface area contributed by atoms with Crippen molar-refractivity contribution in [2.24, 2.45) is 11.1 Å². The molecule has 0 fully saturated rings. The molecule has 0 unspecified atom stereocenters. The number of nitrogens with two attached hydrogens (primary N) is 1. The van der Waals surface area contributed by atoms with Gasteiger partial charge in [-0.1, -0.05) is 39.5 Å². The number of unbranched alkanes of at least 4 members (excludes halogenated alkanes) is 2. The van der Waals surface area contributed by atoms with Crippen LogP contribution in [0.1, 0.15) is 52.4 Å². The fraction of sp³-hybridized carbons (Fsp3) is 0.917. The monoisotopic (exact) mass is 215 g/mol. The molecule has 0 saturated carbocycles. The Labute approximate surface area is 93.4 Å². The summed E-state index contributed by atoms with van der Waals surface area (Å²) in [4.78, 5) is 11.6. The lowest BCUT2D eigenvalue weighted by Gasteiger charge is -2.29. The normalized spacial score (nSPS) is 11.7. The van der Waals surface area contributed by atoms with E-state index in [1.54, 1.807) is 7.11 Å². The number of methoxy groups -OCH3 is 1. The quantitative estimate of drug-likeness (QED) is 0.642. The van der Waals surface area contributed by atoms with Crippen molar-refractivity contribution in [3.63, 3.8) is 0 Å². The van der Waals surface area contributed by atoms with E-state index in [1.807, 2.05) is 0 Å². The topological polar surface area (TPSA) is 52.3 Å². The fourth-order valence-corrected chi connectivity index (χ4v) is 1.89. The van der Waals surface area contributed by atoms with Crippen molar-refractivity contribution in [2.75, 3.05) is 13.7 Å². The largest absolute Gasteiger partial charge is 0.384 e. The highest BCUT2D eigenvalue weighted by Gasteiger charge is 2.35. The van der Waals surface area contributed by atoms with Gasteiger partial charge in [-0.25, -0.2) is 0 Å². The second-order valence-corrected chi connectivity index (χ2v) is 4.28. The van der Waals surface area contributed by atoms with Crippen LogP contribution in [0.2, 0.25) is 0 Å². The van der Waals surface area contributed by atoms with Crippen molar-refractivity contribution in [2.45, 2.75) is 52.4 Å². The SMILES string of the molecule is CCCCC(CCCC)(COC)C(N)=O. The lowest BCUT2D eigenvalue weighted by Crippen LogP contribution is -2.41. The van der Waals surface area contributed by atoms with Crippen LogP contribution in [0.25, 0.3) is 0 Å². The van der Waals surface area contributed by atoms with Gasteiger partial charge in [-0.3, -0.25) is 4.79 Å². The van der Waals surface area contributed by atoms with Crippen molar-refractivity contribution in [1.29, 1.82) is 0 Å². The molecular formula is C12H25NO2. The summed E-state index contributed by atoms with van der Waals surface area (Å²) < 4.78 is 5.16. The molecule has 0 atom stereocenters. The third-order valence-electron chi connectivity index (χ3n) is 2.96. The van der Waals surface area contributed by atoms with Gasteiger partial charge in [-0.2, -0.15) is 0 Å². The van der Waals surface area contributed by atoms with Crippen LogP contribution in [0, 0.1) is 5.41 Å². The molecule has 2 N–H and O–H groups in total. The van der Waals surface area contributed by atoms with Gasteiger partial charge in [0.05, 0.1) is 12.0 Å². The Kier molecular flexibility index (Phi) is 7.39. The van der Waals surface area contributed by atoms with Crippen LogP contribution in [-0.2, 0) is 9.53 Å². The Morgan fingerprint density at radius 3 is 1.93 bits per heavy atom. The molecule has 0 rings (SSSR count). The zero-order valence-corrected chi connectivity index (χ0v) is 10.3. The predicted molar refractivity (Wildman–Crippen MR) is 62.6 cm³/mol. The summed E-state index contributed by atoms with van der Waals surface area (Å²) in [5.41, 5.74) is 5.09. The van der Waals surface area contributed by atoms with Gasteiger partial charge in [-0.05, 0) is 12.8 Å². The molecule has 0 aromatic rings. The van der Waals surface area contributed by atoms with Gasteiger partial charge < -0.3 is 10.5 Å². The smallest absolute Gasteiger partial charge is 0.225 e. The molecule has 15 heavy (non-hydrogen) atoms. The van der Waals surface area contributed by atoms with Crippen LogP contribution >= 0.6 is 0 Å². The third-order valence-corrected chi connectivity index (χ3v) is 2.96. The number of amides is 1. The number of hydrogen-bond acceptors (Lipinski definition) is 2. The highest BCUT2D eigenvalue weighted by Crippen LogP contribution is 2.31. The number of carbonyl (C=O) groups excluding carboxylic acids is 1. The van der Waals surface area contributed by atoms with E-state index in [1.165, 1.54) is 0 Å². The van der Waals surface area contributed by atoms with Crippen LogP contribution in [0.15, 0.2) is 0 Å². The van der Waals surface area contributed by atoms with Crippen LogP contribution in [0.5, 0.6) is 0 Å². The first kappa shape index (κ1) is 14.4. The molecule has 0 aromatic carbocycles. The highest BCUT2D eigenvalue weighted by atomic mass is 16.5. The highest BCUT2D eigenvalue weighted by molar-refractivity contribution is 5.80. The maximum Gasteiger partial charge on any atom is 0.225 e. The number of ether oxygens (including phenoxy) is 1. The van der Waals surface area contributed by atoms with Crippen molar-refractivity contribution in [3.8, 4) is 0 Å². The van der Waals surface area contributed by atoms with Crippen molar-refractivity contribution >= 4 is 5.91 Å². The summed E-state index contributed by atoms with van der Waals surface area (Å²) in [6, 6.07) is 0. The zero-order valence-electron chi connectivity index (χ0n) is 10.3. The van der Waals surface area contributed by atoms with Gasteiger partial charge in [0.25, 0.3) is 0 Å². The second-order valence-electron chi connectivity index (χ2n) is 4.28. The lowest BCUT2D eigenvalue weighted by molar-refractivity contribution is -0.132. The zero-order chi connectivity index (χ0) is 11.7. The Balaban J connectivity index is 4.48. The van der Waals surface area contributed by atoms with Crippen molar-refractivity contribution < 1.29 is 9.53 Å². The van der Waals surface area contributed by atoms with E-state index in [4.69, 9.17) is 10.5 Å². The molecule has 3 nitrogen and oxygen atoms in total. The molecule has 0 bridgehead atoms. The summed E-state index contributed by atoms with van der Waals surface area (Å²) >= 11 is 0. The van der Waals surface area contributed by atoms with E-state index in [0.29, 0.717) is 6.61 Å². The summed E-state index contributed by atoms with van der Waals surface area (Å²) in [7, 11) is 1.63.